The molecule has 50 valence electrons. The van der Waals surface area contributed by atoms with Crippen LogP contribution in [0.25, 0.3) is 0 Å². The van der Waals surface area contributed by atoms with Crippen LogP contribution in [0.3, 0.4) is 0 Å². The van der Waals surface area contributed by atoms with E-state index >= 15 is 0 Å². The van der Waals surface area contributed by atoms with Gasteiger partial charge in [-0.05, 0) is 22.9 Å². The lowest BCUT2D eigenvalue weighted by molar-refractivity contribution is -0.111. The van der Waals surface area contributed by atoms with Crippen LogP contribution in [0.4, 0.5) is 0 Å². The lowest BCUT2D eigenvalue weighted by Gasteiger charge is -1.91. The van der Waals surface area contributed by atoms with Gasteiger partial charge in [-0.25, -0.2) is 0 Å². The van der Waals surface area contributed by atoms with E-state index in [1.54, 1.807) is 11.8 Å². The molecular formula is C6H7ClOS. The molecule has 1 rings (SSSR count). The van der Waals surface area contributed by atoms with Crippen molar-refractivity contribution in [1.29, 1.82) is 0 Å². The highest BCUT2D eigenvalue weighted by Gasteiger charge is 2.07. The van der Waals surface area contributed by atoms with Crippen LogP contribution in [-0.2, 0) is 4.79 Å². The van der Waals surface area contributed by atoms with Crippen molar-refractivity contribution in [2.24, 2.45) is 0 Å². The molecule has 0 saturated carbocycles. The van der Waals surface area contributed by atoms with E-state index in [0.717, 1.165) is 17.1 Å². The van der Waals surface area contributed by atoms with Crippen LogP contribution in [-0.4, -0.2) is 11.0 Å². The second-order valence-electron chi connectivity index (χ2n) is 1.84. The lowest BCUT2D eigenvalue weighted by Crippen LogP contribution is -1.84. The molecular weight excluding hydrogens is 156 g/mol. The zero-order valence-electron chi connectivity index (χ0n) is 4.89. The maximum Gasteiger partial charge on any atom is 0.226 e. The Morgan fingerprint density at radius 1 is 1.89 bits per heavy atom. The van der Waals surface area contributed by atoms with Gasteiger partial charge < -0.3 is 0 Å². The topological polar surface area (TPSA) is 17.1 Å². The van der Waals surface area contributed by atoms with Crippen LogP contribution in [0.15, 0.2) is 11.0 Å². The smallest absolute Gasteiger partial charge is 0.226 e. The van der Waals surface area contributed by atoms with Crippen LogP contribution >= 0.6 is 23.4 Å². The molecule has 0 fully saturated rings. The fourth-order valence-electron chi connectivity index (χ4n) is 0.729. The summed E-state index contributed by atoms with van der Waals surface area (Å²) in [5, 5.41) is -0.254. The number of thioether (sulfide) groups is 1. The average Bonchev–Trinajstić information content (AvgIpc) is 2.15. The van der Waals surface area contributed by atoms with Crippen molar-refractivity contribution in [3.8, 4) is 0 Å². The number of allylic oxidation sites excluding steroid dienone is 2. The molecule has 1 aliphatic rings. The first-order chi connectivity index (χ1) is 4.29. The third kappa shape index (κ3) is 2.41. The summed E-state index contributed by atoms with van der Waals surface area (Å²) < 4.78 is 0. The molecule has 0 amide bonds. The summed E-state index contributed by atoms with van der Waals surface area (Å²) >= 11 is 6.89. The molecule has 0 N–H and O–H groups in total. The maximum atomic E-state index is 10.3. The zero-order valence-corrected chi connectivity index (χ0v) is 6.47. The molecule has 0 aromatic rings. The van der Waals surface area contributed by atoms with Crippen LogP contribution in [0.5, 0.6) is 0 Å². The lowest BCUT2D eigenvalue weighted by atomic mass is 10.3. The minimum Gasteiger partial charge on any atom is -0.281 e. The number of carbonyl (C=O) groups excluding carboxylic acids is 1. The quantitative estimate of drug-likeness (QED) is 0.579. The molecule has 0 unspecified atom stereocenters. The Hall–Kier alpha value is 0.0500. The summed E-state index contributed by atoms with van der Waals surface area (Å²) in [4.78, 5) is 11.4. The normalized spacial score (nSPS) is 17.7. The van der Waals surface area contributed by atoms with E-state index in [-0.39, 0.29) is 5.24 Å². The Labute approximate surface area is 63.5 Å². The number of hydrogen-bond acceptors (Lipinski definition) is 2. The van der Waals surface area contributed by atoms with Crippen LogP contribution < -0.4 is 0 Å². The highest BCUT2D eigenvalue weighted by molar-refractivity contribution is 8.03. The maximum absolute atomic E-state index is 10.3. The summed E-state index contributed by atoms with van der Waals surface area (Å²) in [6, 6.07) is 0. The first-order valence-corrected chi connectivity index (χ1v) is 4.15. The van der Waals surface area contributed by atoms with Gasteiger partial charge in [0.25, 0.3) is 0 Å². The van der Waals surface area contributed by atoms with Crippen molar-refractivity contribution in [1.82, 2.24) is 0 Å². The van der Waals surface area contributed by atoms with Gasteiger partial charge in [-0.2, -0.15) is 0 Å². The van der Waals surface area contributed by atoms with Crippen molar-refractivity contribution >= 4 is 28.6 Å². The van der Waals surface area contributed by atoms with E-state index < -0.39 is 0 Å². The van der Waals surface area contributed by atoms with Gasteiger partial charge in [-0.3, -0.25) is 4.79 Å². The number of rotatable bonds is 2. The largest absolute Gasteiger partial charge is 0.281 e. The van der Waals surface area contributed by atoms with Gasteiger partial charge in [0.1, 0.15) is 0 Å². The predicted molar refractivity (Wildman–Crippen MR) is 40.6 cm³/mol. The van der Waals surface area contributed by atoms with Gasteiger partial charge in [0.05, 0.1) is 6.42 Å². The fraction of sp³-hybridized carbons (Fsp3) is 0.500. The van der Waals surface area contributed by atoms with Gasteiger partial charge in [0.15, 0.2) is 0 Å². The van der Waals surface area contributed by atoms with E-state index in [9.17, 15) is 4.79 Å². The van der Waals surface area contributed by atoms with Gasteiger partial charge in [0.2, 0.25) is 5.24 Å². The van der Waals surface area contributed by atoms with Crippen molar-refractivity contribution in [2.75, 3.05) is 5.75 Å². The van der Waals surface area contributed by atoms with Crippen molar-refractivity contribution in [3.63, 3.8) is 0 Å². The summed E-state index contributed by atoms with van der Waals surface area (Å²) in [7, 11) is 0. The van der Waals surface area contributed by atoms with Gasteiger partial charge in [-0.15, -0.1) is 11.8 Å². The summed E-state index contributed by atoms with van der Waals surface area (Å²) in [5.41, 5.74) is 0. The third-order valence-corrected chi connectivity index (χ3v) is 2.35. The SMILES string of the molecule is O=C(Cl)CC1=CCCS1. The predicted octanol–water partition coefficient (Wildman–Crippen LogP) is 2.16. The van der Waals surface area contributed by atoms with Crippen LogP contribution in [0, 0.1) is 0 Å². The van der Waals surface area contributed by atoms with Gasteiger partial charge >= 0.3 is 0 Å². The Morgan fingerprint density at radius 2 is 2.67 bits per heavy atom. The van der Waals surface area contributed by atoms with Gasteiger partial charge in [0, 0.05) is 5.75 Å². The minimum absolute atomic E-state index is 0.254. The molecule has 1 aliphatic heterocycles. The standard InChI is InChI=1S/C6H7ClOS/c7-6(8)4-5-2-1-3-9-5/h2H,1,3-4H2. The second-order valence-corrected chi connectivity index (χ2v) is 3.48. The monoisotopic (exact) mass is 162 g/mol. The fourth-order valence-corrected chi connectivity index (χ4v) is 1.92. The second kappa shape index (κ2) is 3.28. The molecule has 0 spiro atoms. The van der Waals surface area contributed by atoms with Crippen LogP contribution in [0.1, 0.15) is 12.8 Å². The molecule has 0 aromatic carbocycles. The highest BCUT2D eigenvalue weighted by atomic mass is 35.5. The van der Waals surface area contributed by atoms with Gasteiger partial charge in [-0.1, -0.05) is 6.08 Å². The molecule has 0 atom stereocenters. The highest BCUT2D eigenvalue weighted by Crippen LogP contribution is 2.27. The van der Waals surface area contributed by atoms with E-state index in [2.05, 4.69) is 6.08 Å². The Morgan fingerprint density at radius 3 is 3.11 bits per heavy atom. The number of hydrogen-bond donors (Lipinski definition) is 0. The molecule has 3 heteroatoms. The number of halogens is 1. The van der Waals surface area contributed by atoms with E-state index in [4.69, 9.17) is 11.6 Å². The third-order valence-electron chi connectivity index (χ3n) is 1.09. The Bertz CT molecular complexity index is 153. The van der Waals surface area contributed by atoms with Crippen molar-refractivity contribution < 1.29 is 4.79 Å². The van der Waals surface area contributed by atoms with Crippen LogP contribution in [0.2, 0.25) is 0 Å². The minimum atomic E-state index is -0.254. The Kier molecular flexibility index (Phi) is 2.61. The molecule has 0 aliphatic carbocycles. The molecule has 0 aromatic heterocycles. The van der Waals surface area contributed by atoms with E-state index in [1.165, 1.54) is 0 Å². The summed E-state index contributed by atoms with van der Waals surface area (Å²) in [5.74, 6) is 1.11. The summed E-state index contributed by atoms with van der Waals surface area (Å²) in [6.07, 6.45) is 3.58. The summed E-state index contributed by atoms with van der Waals surface area (Å²) in [6.45, 7) is 0. The number of carbonyl (C=O) groups is 1. The molecule has 9 heavy (non-hydrogen) atoms. The van der Waals surface area contributed by atoms with Crippen molar-refractivity contribution in [3.05, 3.63) is 11.0 Å². The molecule has 1 heterocycles. The molecule has 0 radical (unpaired) electrons. The average molecular weight is 163 g/mol. The van der Waals surface area contributed by atoms with E-state index in [0.29, 0.717) is 6.42 Å². The first kappa shape index (κ1) is 7.16. The van der Waals surface area contributed by atoms with E-state index in [1.807, 2.05) is 0 Å². The first-order valence-electron chi connectivity index (χ1n) is 2.79. The molecule has 0 bridgehead atoms. The Balaban J connectivity index is 2.35. The molecule has 0 saturated heterocycles. The zero-order chi connectivity index (χ0) is 6.69. The molecule has 1 nitrogen and oxygen atoms in total. The van der Waals surface area contributed by atoms with Crippen molar-refractivity contribution in [2.45, 2.75) is 12.8 Å².